The fourth-order valence-corrected chi connectivity index (χ4v) is 4.45. The lowest BCUT2D eigenvalue weighted by molar-refractivity contribution is -0.131. The van der Waals surface area contributed by atoms with Gasteiger partial charge in [0.1, 0.15) is 12.0 Å². The molecule has 152 valence electrons. The summed E-state index contributed by atoms with van der Waals surface area (Å²) in [6.45, 7) is 0. The molecule has 9 heteroatoms. The third-order valence-corrected chi connectivity index (χ3v) is 6.09. The van der Waals surface area contributed by atoms with E-state index in [4.69, 9.17) is 17.3 Å². The number of aromatic nitrogens is 2. The number of hydrogen-bond donors (Lipinski definition) is 2. The highest BCUT2D eigenvalue weighted by molar-refractivity contribution is 9.10. The Kier molecular flexibility index (Phi) is 6.24. The second kappa shape index (κ2) is 8.51. The van der Waals surface area contributed by atoms with Crippen molar-refractivity contribution in [2.75, 3.05) is 5.32 Å². The number of anilines is 1. The highest BCUT2D eigenvalue weighted by Gasteiger charge is 2.44. The van der Waals surface area contributed by atoms with Crippen LogP contribution in [0.4, 0.5) is 5.69 Å². The van der Waals surface area contributed by atoms with Crippen LogP contribution < -0.4 is 11.1 Å². The molecular weight excluding hydrogens is 460 g/mol. The molecule has 2 atom stereocenters. The summed E-state index contributed by atoms with van der Waals surface area (Å²) in [5, 5.41) is 7.23. The van der Waals surface area contributed by atoms with Crippen LogP contribution in [-0.4, -0.2) is 27.9 Å². The number of hydrogen-bond acceptors (Lipinski definition) is 4. The average Bonchev–Trinajstić information content (AvgIpc) is 3.04. The largest absolute Gasteiger partial charge is 0.364 e. The van der Waals surface area contributed by atoms with Gasteiger partial charge in [0.2, 0.25) is 5.91 Å². The van der Waals surface area contributed by atoms with Gasteiger partial charge < -0.3 is 15.8 Å². The van der Waals surface area contributed by atoms with Crippen LogP contribution in [0.2, 0.25) is 5.02 Å². The van der Waals surface area contributed by atoms with Gasteiger partial charge in [0.25, 0.3) is 5.91 Å². The molecule has 3 N–H and O–H groups in total. The molecule has 2 aromatic rings. The Bertz CT molecular complexity index is 1000. The molecule has 7 nitrogen and oxygen atoms in total. The summed E-state index contributed by atoms with van der Waals surface area (Å²) in [6.07, 6.45) is 7.13. The molecule has 2 amide bonds. The smallest absolute Gasteiger partial charge is 0.269 e. The van der Waals surface area contributed by atoms with Gasteiger partial charge in [-0.2, -0.15) is 5.10 Å². The minimum absolute atomic E-state index is 0.0948. The van der Waals surface area contributed by atoms with Crippen molar-refractivity contribution < 1.29 is 14.4 Å². The standard InChI is InChI=1S/C20H20BrClN4O3/c1-26-17(18(23)28)16(10-24-26)25-19(29)14-4-2-3-7-20(14,11-27)9-12-5-6-13(21)8-15(12)22/h2-3,5-6,8,10-11,14H,4,7,9H2,1H3,(H2,23,28)(H,25,29). The summed E-state index contributed by atoms with van der Waals surface area (Å²) < 4.78 is 2.13. The average molecular weight is 480 g/mol. The molecule has 0 bridgehead atoms. The lowest BCUT2D eigenvalue weighted by atomic mass is 9.66. The maximum absolute atomic E-state index is 13.1. The van der Waals surface area contributed by atoms with Gasteiger partial charge in [0.15, 0.2) is 0 Å². The number of aldehydes is 1. The Morgan fingerprint density at radius 3 is 2.86 bits per heavy atom. The van der Waals surface area contributed by atoms with Crippen LogP contribution in [0, 0.1) is 11.3 Å². The number of nitrogens with one attached hydrogen (secondary N) is 1. The minimum atomic E-state index is -0.953. The fraction of sp³-hybridized carbons (Fsp3) is 0.300. The first-order valence-electron chi connectivity index (χ1n) is 8.95. The molecule has 3 rings (SSSR count). The van der Waals surface area contributed by atoms with Crippen molar-refractivity contribution in [3.05, 3.63) is 57.3 Å². The Morgan fingerprint density at radius 1 is 1.45 bits per heavy atom. The topological polar surface area (TPSA) is 107 Å². The summed E-state index contributed by atoms with van der Waals surface area (Å²) in [5.74, 6) is -1.71. The number of primary amides is 1. The first kappa shape index (κ1) is 21.3. The van der Waals surface area contributed by atoms with Crippen molar-refractivity contribution in [3.63, 3.8) is 0 Å². The molecule has 1 heterocycles. The quantitative estimate of drug-likeness (QED) is 0.490. The number of benzene rings is 1. The Balaban J connectivity index is 1.91. The normalized spacial score (nSPS) is 21.0. The van der Waals surface area contributed by atoms with Crippen molar-refractivity contribution in [3.8, 4) is 0 Å². The first-order chi connectivity index (χ1) is 13.8. The number of allylic oxidation sites excluding steroid dienone is 2. The van der Waals surface area contributed by atoms with Gasteiger partial charge in [-0.3, -0.25) is 14.3 Å². The van der Waals surface area contributed by atoms with Crippen LogP contribution >= 0.6 is 27.5 Å². The second-order valence-electron chi connectivity index (χ2n) is 7.11. The van der Waals surface area contributed by atoms with Crippen molar-refractivity contribution in [2.24, 2.45) is 24.1 Å². The molecule has 0 saturated heterocycles. The molecule has 1 aliphatic carbocycles. The summed E-state index contributed by atoms with van der Waals surface area (Å²) in [7, 11) is 1.56. The second-order valence-corrected chi connectivity index (χ2v) is 8.43. The van der Waals surface area contributed by atoms with Gasteiger partial charge >= 0.3 is 0 Å². The molecule has 1 aliphatic rings. The number of nitrogens with zero attached hydrogens (tertiary/aromatic N) is 2. The van der Waals surface area contributed by atoms with Crippen LogP contribution in [0.5, 0.6) is 0 Å². The van der Waals surface area contributed by atoms with E-state index in [0.29, 0.717) is 24.3 Å². The Morgan fingerprint density at radius 2 is 2.21 bits per heavy atom. The van der Waals surface area contributed by atoms with Gasteiger partial charge in [0, 0.05) is 22.0 Å². The minimum Gasteiger partial charge on any atom is -0.364 e. The Hall–Kier alpha value is -2.45. The molecular formula is C20H20BrClN4O3. The highest BCUT2D eigenvalue weighted by Crippen LogP contribution is 2.41. The zero-order valence-electron chi connectivity index (χ0n) is 15.7. The van der Waals surface area contributed by atoms with Crippen LogP contribution in [-0.2, 0) is 23.1 Å². The van der Waals surface area contributed by atoms with Gasteiger partial charge in [0.05, 0.1) is 17.8 Å². The van der Waals surface area contributed by atoms with Crippen LogP contribution in [0.1, 0.15) is 28.9 Å². The predicted octanol–water partition coefficient (Wildman–Crippen LogP) is 3.27. The van der Waals surface area contributed by atoms with Crippen LogP contribution in [0.15, 0.2) is 41.0 Å². The van der Waals surface area contributed by atoms with E-state index < -0.39 is 17.2 Å². The summed E-state index contributed by atoms with van der Waals surface area (Å²) in [6, 6.07) is 5.46. The number of halogens is 2. The van der Waals surface area contributed by atoms with Crippen LogP contribution in [0.3, 0.4) is 0 Å². The predicted molar refractivity (Wildman–Crippen MR) is 114 cm³/mol. The zero-order chi connectivity index (χ0) is 21.2. The number of nitrogens with two attached hydrogens (primary N) is 1. The molecule has 0 aliphatic heterocycles. The molecule has 29 heavy (non-hydrogen) atoms. The molecule has 0 radical (unpaired) electrons. The lowest BCUT2D eigenvalue weighted by Gasteiger charge is -2.37. The van der Waals surface area contributed by atoms with Crippen molar-refractivity contribution >= 4 is 51.3 Å². The van der Waals surface area contributed by atoms with Gasteiger partial charge in [-0.05, 0) is 37.0 Å². The molecule has 0 fully saturated rings. The number of rotatable bonds is 6. The SMILES string of the molecule is Cn1ncc(NC(=O)C2CC=CCC2(C=O)Cc2ccc(Br)cc2Cl)c1C(N)=O. The third-order valence-electron chi connectivity index (χ3n) is 5.25. The van der Waals surface area contributed by atoms with E-state index >= 15 is 0 Å². The van der Waals surface area contributed by atoms with Gasteiger partial charge in [-0.1, -0.05) is 45.7 Å². The fourth-order valence-electron chi connectivity index (χ4n) is 3.71. The Labute approximate surface area is 181 Å². The number of aryl methyl sites for hydroxylation is 1. The molecule has 1 aromatic carbocycles. The first-order valence-corrected chi connectivity index (χ1v) is 10.1. The maximum Gasteiger partial charge on any atom is 0.269 e. The van der Waals surface area contributed by atoms with Gasteiger partial charge in [-0.25, -0.2) is 0 Å². The van der Waals surface area contributed by atoms with Crippen LogP contribution in [0.25, 0.3) is 0 Å². The van der Waals surface area contributed by atoms with E-state index in [9.17, 15) is 14.4 Å². The number of carbonyl (C=O) groups excluding carboxylic acids is 3. The summed E-state index contributed by atoms with van der Waals surface area (Å²) in [4.78, 5) is 37.1. The van der Waals surface area contributed by atoms with E-state index in [1.54, 1.807) is 13.1 Å². The molecule has 0 saturated carbocycles. The van der Waals surface area contributed by atoms with E-state index in [-0.39, 0.29) is 17.3 Å². The lowest BCUT2D eigenvalue weighted by Crippen LogP contribution is -2.43. The summed E-state index contributed by atoms with van der Waals surface area (Å²) >= 11 is 9.73. The van der Waals surface area contributed by atoms with E-state index in [1.165, 1.54) is 10.9 Å². The van der Waals surface area contributed by atoms with Crippen molar-refractivity contribution in [1.82, 2.24) is 9.78 Å². The molecule has 0 spiro atoms. The van der Waals surface area contributed by atoms with Gasteiger partial charge in [-0.15, -0.1) is 0 Å². The molecule has 2 unspecified atom stereocenters. The van der Waals surface area contributed by atoms with E-state index in [2.05, 4.69) is 26.3 Å². The van der Waals surface area contributed by atoms with E-state index in [0.717, 1.165) is 16.3 Å². The monoisotopic (exact) mass is 478 g/mol. The third kappa shape index (κ3) is 4.28. The summed E-state index contributed by atoms with van der Waals surface area (Å²) in [5.41, 5.74) is 5.54. The number of amides is 2. The van der Waals surface area contributed by atoms with Crippen molar-refractivity contribution in [2.45, 2.75) is 19.3 Å². The number of carbonyl (C=O) groups is 3. The van der Waals surface area contributed by atoms with Crippen molar-refractivity contribution in [1.29, 1.82) is 0 Å². The molecule has 1 aromatic heterocycles. The van der Waals surface area contributed by atoms with E-state index in [1.807, 2.05) is 24.3 Å². The highest BCUT2D eigenvalue weighted by atomic mass is 79.9. The zero-order valence-corrected chi connectivity index (χ0v) is 18.0. The maximum atomic E-state index is 13.1.